The fraction of sp³-hybridized carbons (Fsp3) is 0.688. The first-order valence-electron chi connectivity index (χ1n) is 7.66. The van der Waals surface area contributed by atoms with Gasteiger partial charge in [-0.05, 0) is 32.0 Å². The van der Waals surface area contributed by atoms with Gasteiger partial charge in [-0.1, -0.05) is 31.7 Å². The molecule has 0 amide bonds. The summed E-state index contributed by atoms with van der Waals surface area (Å²) in [4.78, 5) is 6.71. The Hall–Kier alpha value is -0.930. The van der Waals surface area contributed by atoms with E-state index in [1.807, 2.05) is 12.3 Å². The van der Waals surface area contributed by atoms with Gasteiger partial charge in [0.05, 0.1) is 5.69 Å². The summed E-state index contributed by atoms with van der Waals surface area (Å²) in [6.45, 7) is 3.12. The van der Waals surface area contributed by atoms with Crippen molar-refractivity contribution in [2.75, 3.05) is 20.1 Å². The number of pyridine rings is 1. The summed E-state index contributed by atoms with van der Waals surface area (Å²) in [6, 6.07) is 6.87. The molecule has 2 rings (SSSR count). The van der Waals surface area contributed by atoms with Crippen LogP contribution >= 0.6 is 0 Å². The van der Waals surface area contributed by atoms with Crippen LogP contribution in [0, 0.1) is 0 Å². The molecule has 0 unspecified atom stereocenters. The molecule has 0 radical (unpaired) electrons. The zero-order valence-corrected chi connectivity index (χ0v) is 12.1. The molecule has 1 fully saturated rings. The van der Waals surface area contributed by atoms with Gasteiger partial charge in [0.15, 0.2) is 0 Å². The monoisotopic (exact) mass is 261 g/mol. The molecule has 0 bridgehead atoms. The summed E-state index contributed by atoms with van der Waals surface area (Å²) >= 11 is 0. The van der Waals surface area contributed by atoms with Crippen LogP contribution in [0.4, 0.5) is 0 Å². The van der Waals surface area contributed by atoms with Gasteiger partial charge in [0.1, 0.15) is 0 Å². The van der Waals surface area contributed by atoms with Crippen LogP contribution in [-0.4, -0.2) is 36.1 Å². The lowest BCUT2D eigenvalue weighted by Gasteiger charge is -2.20. The number of rotatable bonds is 6. The summed E-state index contributed by atoms with van der Waals surface area (Å²) < 4.78 is 0. The second kappa shape index (κ2) is 8.28. The van der Waals surface area contributed by atoms with Gasteiger partial charge in [-0.3, -0.25) is 9.88 Å². The summed E-state index contributed by atoms with van der Waals surface area (Å²) in [5.74, 6) is 0. The van der Waals surface area contributed by atoms with Crippen LogP contribution in [0.25, 0.3) is 0 Å². The van der Waals surface area contributed by atoms with Crippen molar-refractivity contribution < 1.29 is 0 Å². The normalized spacial score (nSPS) is 17.6. The predicted octanol–water partition coefficient (Wildman–Crippen LogP) is 2.83. The lowest BCUT2D eigenvalue weighted by atomic mass is 10.1. The van der Waals surface area contributed by atoms with E-state index in [1.54, 1.807) is 0 Å². The topological polar surface area (TPSA) is 28.2 Å². The molecule has 1 aliphatic carbocycles. The Morgan fingerprint density at radius 3 is 2.68 bits per heavy atom. The molecule has 1 aromatic heterocycles. The van der Waals surface area contributed by atoms with E-state index in [4.69, 9.17) is 0 Å². The molecule has 1 aromatic rings. The molecule has 1 saturated carbocycles. The van der Waals surface area contributed by atoms with E-state index in [0.717, 1.165) is 31.4 Å². The summed E-state index contributed by atoms with van der Waals surface area (Å²) in [5.41, 5.74) is 1.15. The van der Waals surface area contributed by atoms with Crippen LogP contribution in [0.15, 0.2) is 24.4 Å². The maximum atomic E-state index is 4.37. The first kappa shape index (κ1) is 14.5. The van der Waals surface area contributed by atoms with Gasteiger partial charge in [-0.2, -0.15) is 0 Å². The van der Waals surface area contributed by atoms with Gasteiger partial charge in [0, 0.05) is 31.9 Å². The van der Waals surface area contributed by atoms with Gasteiger partial charge in [0.25, 0.3) is 0 Å². The number of aromatic nitrogens is 1. The van der Waals surface area contributed by atoms with E-state index in [0.29, 0.717) is 0 Å². The quantitative estimate of drug-likeness (QED) is 0.798. The van der Waals surface area contributed by atoms with Crippen molar-refractivity contribution in [2.24, 2.45) is 0 Å². The minimum atomic E-state index is 0.755. The molecular weight excluding hydrogens is 234 g/mol. The van der Waals surface area contributed by atoms with Crippen molar-refractivity contribution in [3.8, 4) is 0 Å². The van der Waals surface area contributed by atoms with Crippen LogP contribution in [0.1, 0.15) is 44.2 Å². The standard InChI is InChI=1S/C16H27N3/c1-19(14-16-10-6-7-11-17-16)13-12-18-15-8-4-2-3-5-9-15/h6-7,10-11,15,18H,2-5,8-9,12-14H2,1H3. The maximum Gasteiger partial charge on any atom is 0.0543 e. The molecule has 0 aliphatic heterocycles. The van der Waals surface area contributed by atoms with Crippen LogP contribution in [-0.2, 0) is 6.54 Å². The summed E-state index contributed by atoms with van der Waals surface area (Å²) in [5, 5.41) is 3.72. The van der Waals surface area contributed by atoms with Crippen LogP contribution < -0.4 is 5.32 Å². The molecule has 1 N–H and O–H groups in total. The van der Waals surface area contributed by atoms with E-state index in [2.05, 4.69) is 34.4 Å². The lowest BCUT2D eigenvalue weighted by Crippen LogP contribution is -2.35. The lowest BCUT2D eigenvalue weighted by molar-refractivity contribution is 0.309. The maximum absolute atomic E-state index is 4.37. The van der Waals surface area contributed by atoms with Crippen molar-refractivity contribution in [3.63, 3.8) is 0 Å². The molecule has 1 heterocycles. The van der Waals surface area contributed by atoms with Gasteiger partial charge >= 0.3 is 0 Å². The number of hydrogen-bond donors (Lipinski definition) is 1. The van der Waals surface area contributed by atoms with E-state index in [-0.39, 0.29) is 0 Å². The molecule has 3 heteroatoms. The Bertz CT molecular complexity index is 331. The Morgan fingerprint density at radius 2 is 2.00 bits per heavy atom. The first-order valence-corrected chi connectivity index (χ1v) is 7.66. The van der Waals surface area contributed by atoms with E-state index in [1.165, 1.54) is 38.5 Å². The predicted molar refractivity (Wildman–Crippen MR) is 80.1 cm³/mol. The van der Waals surface area contributed by atoms with Gasteiger partial charge in [-0.25, -0.2) is 0 Å². The number of nitrogens with zero attached hydrogens (tertiary/aromatic N) is 2. The van der Waals surface area contributed by atoms with E-state index < -0.39 is 0 Å². The third kappa shape index (κ3) is 5.70. The molecule has 19 heavy (non-hydrogen) atoms. The average molecular weight is 261 g/mol. The minimum Gasteiger partial charge on any atom is -0.313 e. The molecule has 1 aliphatic rings. The van der Waals surface area contributed by atoms with E-state index in [9.17, 15) is 0 Å². The van der Waals surface area contributed by atoms with Crippen molar-refractivity contribution in [2.45, 2.75) is 51.1 Å². The molecule has 0 spiro atoms. The average Bonchev–Trinajstić information content (AvgIpc) is 2.68. The zero-order chi connectivity index (χ0) is 13.3. The second-order valence-corrected chi connectivity index (χ2v) is 5.70. The van der Waals surface area contributed by atoms with Crippen LogP contribution in [0.5, 0.6) is 0 Å². The second-order valence-electron chi connectivity index (χ2n) is 5.70. The third-order valence-corrected chi connectivity index (χ3v) is 3.94. The molecule has 0 aromatic carbocycles. The summed E-state index contributed by atoms with van der Waals surface area (Å²) in [6.07, 6.45) is 10.3. The Labute approximate surface area is 117 Å². The minimum absolute atomic E-state index is 0.755. The Kier molecular flexibility index (Phi) is 6.31. The van der Waals surface area contributed by atoms with Gasteiger partial charge < -0.3 is 5.32 Å². The number of hydrogen-bond acceptors (Lipinski definition) is 3. The molecule has 0 saturated heterocycles. The third-order valence-electron chi connectivity index (χ3n) is 3.94. The van der Waals surface area contributed by atoms with Crippen molar-refractivity contribution >= 4 is 0 Å². The zero-order valence-electron chi connectivity index (χ0n) is 12.1. The molecular formula is C16H27N3. The highest BCUT2D eigenvalue weighted by Gasteiger charge is 2.11. The van der Waals surface area contributed by atoms with Crippen molar-refractivity contribution in [1.29, 1.82) is 0 Å². The Morgan fingerprint density at radius 1 is 1.21 bits per heavy atom. The van der Waals surface area contributed by atoms with Gasteiger partial charge in [-0.15, -0.1) is 0 Å². The molecule has 106 valence electrons. The largest absolute Gasteiger partial charge is 0.313 e. The van der Waals surface area contributed by atoms with Gasteiger partial charge in [0.2, 0.25) is 0 Å². The highest BCUT2D eigenvalue weighted by atomic mass is 15.1. The van der Waals surface area contributed by atoms with Crippen molar-refractivity contribution in [3.05, 3.63) is 30.1 Å². The van der Waals surface area contributed by atoms with E-state index >= 15 is 0 Å². The fourth-order valence-electron chi connectivity index (χ4n) is 2.79. The number of likely N-dealkylation sites (N-methyl/N-ethyl adjacent to an activating group) is 1. The Balaban J connectivity index is 1.62. The highest BCUT2D eigenvalue weighted by molar-refractivity contribution is 5.02. The highest BCUT2D eigenvalue weighted by Crippen LogP contribution is 2.16. The summed E-state index contributed by atoms with van der Waals surface area (Å²) in [7, 11) is 2.17. The SMILES string of the molecule is CN(CCNC1CCCCCC1)Cc1ccccn1. The smallest absolute Gasteiger partial charge is 0.0543 e. The fourth-order valence-corrected chi connectivity index (χ4v) is 2.79. The van der Waals surface area contributed by atoms with Crippen molar-refractivity contribution in [1.82, 2.24) is 15.2 Å². The molecule has 3 nitrogen and oxygen atoms in total. The first-order chi connectivity index (χ1) is 9.34. The van der Waals surface area contributed by atoms with Crippen LogP contribution in [0.2, 0.25) is 0 Å². The van der Waals surface area contributed by atoms with Crippen LogP contribution in [0.3, 0.4) is 0 Å². The number of nitrogens with one attached hydrogen (secondary N) is 1. The molecule has 0 atom stereocenters.